The third-order valence-corrected chi connectivity index (χ3v) is 7.19. The summed E-state index contributed by atoms with van der Waals surface area (Å²) in [4.78, 5) is 24.5. The molecule has 1 aliphatic rings. The molecule has 0 saturated carbocycles. The van der Waals surface area contributed by atoms with Gasteiger partial charge in [-0.25, -0.2) is 0 Å². The summed E-state index contributed by atoms with van der Waals surface area (Å²) in [6.07, 6.45) is 6.93. The summed E-state index contributed by atoms with van der Waals surface area (Å²) in [6.45, 7) is 9.10. The van der Waals surface area contributed by atoms with Gasteiger partial charge in [0.1, 0.15) is 11.9 Å². The lowest BCUT2D eigenvalue weighted by molar-refractivity contribution is -0.107. The smallest absolute Gasteiger partial charge is 0.213 e. The molecule has 0 radical (unpaired) electrons. The second kappa shape index (κ2) is 12.8. The predicted octanol–water partition coefficient (Wildman–Crippen LogP) is 6.65. The van der Waals surface area contributed by atoms with E-state index in [1.54, 1.807) is 19.4 Å². The molecular formula is C33H37N5O3. The van der Waals surface area contributed by atoms with E-state index < -0.39 is 5.41 Å². The van der Waals surface area contributed by atoms with Crippen molar-refractivity contribution < 1.29 is 14.3 Å². The van der Waals surface area contributed by atoms with Crippen LogP contribution in [0.15, 0.2) is 67.1 Å². The number of nitrogens with zero attached hydrogens (tertiary/aromatic N) is 5. The van der Waals surface area contributed by atoms with Gasteiger partial charge < -0.3 is 19.3 Å². The maximum absolute atomic E-state index is 11.8. The van der Waals surface area contributed by atoms with Gasteiger partial charge in [0.2, 0.25) is 6.41 Å². The Morgan fingerprint density at radius 3 is 2.46 bits per heavy atom. The summed E-state index contributed by atoms with van der Waals surface area (Å²) in [5.74, 6) is 0.702. The maximum Gasteiger partial charge on any atom is 0.213 e. The largest absolute Gasteiger partial charge is 0.486 e. The Balaban J connectivity index is 0.00000189. The van der Waals surface area contributed by atoms with Crippen LogP contribution in [0.1, 0.15) is 39.7 Å². The Morgan fingerprint density at radius 2 is 1.80 bits per heavy atom. The summed E-state index contributed by atoms with van der Waals surface area (Å²) in [7, 11) is 3.68. The fourth-order valence-corrected chi connectivity index (χ4v) is 4.75. The Kier molecular flexibility index (Phi) is 9.21. The summed E-state index contributed by atoms with van der Waals surface area (Å²) < 4.78 is 11.5. The van der Waals surface area contributed by atoms with Crippen molar-refractivity contribution in [1.29, 1.82) is 5.26 Å². The van der Waals surface area contributed by atoms with Gasteiger partial charge in [-0.15, -0.1) is 0 Å². The van der Waals surface area contributed by atoms with Crippen molar-refractivity contribution in [2.75, 3.05) is 37.1 Å². The van der Waals surface area contributed by atoms with Gasteiger partial charge in [0.25, 0.3) is 0 Å². The number of hydrogen-bond donors (Lipinski definition) is 0. The summed E-state index contributed by atoms with van der Waals surface area (Å²) in [6, 6.07) is 18.3. The van der Waals surface area contributed by atoms with Gasteiger partial charge in [0.05, 0.1) is 54.0 Å². The van der Waals surface area contributed by atoms with Crippen LogP contribution >= 0.6 is 0 Å². The molecule has 0 bridgehead atoms. The van der Waals surface area contributed by atoms with Crippen molar-refractivity contribution in [1.82, 2.24) is 9.97 Å². The van der Waals surface area contributed by atoms with Crippen molar-refractivity contribution in [2.24, 2.45) is 0 Å². The molecule has 3 heterocycles. The van der Waals surface area contributed by atoms with Crippen LogP contribution in [0.25, 0.3) is 22.0 Å². The highest BCUT2D eigenvalue weighted by molar-refractivity contribution is 6.04. The Hall–Kier alpha value is -4.48. The zero-order valence-corrected chi connectivity index (χ0v) is 24.6. The number of fused-ring (bicyclic) bond motifs is 1. The van der Waals surface area contributed by atoms with E-state index in [4.69, 9.17) is 9.47 Å². The molecule has 2 aromatic carbocycles. The van der Waals surface area contributed by atoms with Crippen molar-refractivity contribution in [3.8, 4) is 22.9 Å². The highest BCUT2D eigenvalue weighted by atomic mass is 16.5. The van der Waals surface area contributed by atoms with E-state index >= 15 is 0 Å². The third kappa shape index (κ3) is 6.31. The Bertz CT molecular complexity index is 1540. The molecule has 1 amide bonds. The quantitative estimate of drug-likeness (QED) is 0.226. The van der Waals surface area contributed by atoms with Crippen LogP contribution in [0.5, 0.6) is 5.75 Å². The number of amides is 1. The SMILES string of the molecule is CC.CN(C=O)c1cnc2ccc(-c3cncc(OC4CCOC4)c3)cc2c1N(C)c1ccc(C(C)(C)C#N)cc1. The highest BCUT2D eigenvalue weighted by Gasteiger charge is 2.22. The van der Waals surface area contributed by atoms with Gasteiger partial charge in [0.15, 0.2) is 0 Å². The van der Waals surface area contributed by atoms with Gasteiger partial charge in [-0.1, -0.05) is 32.0 Å². The molecule has 8 heteroatoms. The van der Waals surface area contributed by atoms with Crippen molar-refractivity contribution >= 4 is 34.4 Å². The van der Waals surface area contributed by atoms with Crippen LogP contribution in [-0.4, -0.2) is 49.8 Å². The molecule has 8 nitrogen and oxygen atoms in total. The minimum atomic E-state index is -0.588. The number of aromatic nitrogens is 2. The normalized spacial score (nSPS) is 14.5. The molecule has 0 aliphatic carbocycles. The topological polar surface area (TPSA) is 91.6 Å². The lowest BCUT2D eigenvalue weighted by Crippen LogP contribution is -2.20. The molecule has 5 rings (SSSR count). The number of nitriles is 1. The van der Waals surface area contributed by atoms with Crippen LogP contribution in [0.4, 0.5) is 17.1 Å². The van der Waals surface area contributed by atoms with Gasteiger partial charge in [-0.05, 0) is 55.3 Å². The van der Waals surface area contributed by atoms with Crippen LogP contribution in [0.3, 0.4) is 0 Å². The van der Waals surface area contributed by atoms with Crippen molar-refractivity contribution in [3.05, 3.63) is 72.7 Å². The number of carbonyl (C=O) groups is 1. The molecule has 1 atom stereocenters. The number of ether oxygens (including phenoxy) is 2. The first-order valence-corrected chi connectivity index (χ1v) is 13.9. The zero-order valence-electron chi connectivity index (χ0n) is 24.6. The summed E-state index contributed by atoms with van der Waals surface area (Å²) in [5.41, 5.74) is 5.46. The first-order valence-electron chi connectivity index (χ1n) is 13.9. The second-order valence-electron chi connectivity index (χ2n) is 10.3. The molecule has 0 spiro atoms. The first kappa shape index (κ1) is 29.5. The summed E-state index contributed by atoms with van der Waals surface area (Å²) >= 11 is 0. The number of benzene rings is 2. The lowest BCUT2D eigenvalue weighted by Gasteiger charge is -2.27. The van der Waals surface area contributed by atoms with Gasteiger partial charge in [-0.2, -0.15) is 5.26 Å². The Labute approximate surface area is 242 Å². The highest BCUT2D eigenvalue weighted by Crippen LogP contribution is 2.40. The van der Waals surface area contributed by atoms with E-state index in [2.05, 4.69) is 22.1 Å². The van der Waals surface area contributed by atoms with Crippen LogP contribution < -0.4 is 14.5 Å². The fourth-order valence-electron chi connectivity index (χ4n) is 4.75. The van der Waals surface area contributed by atoms with E-state index in [1.165, 1.54) is 4.90 Å². The van der Waals surface area contributed by atoms with E-state index in [0.717, 1.165) is 51.8 Å². The molecule has 1 fully saturated rings. The number of carbonyl (C=O) groups excluding carboxylic acids is 1. The number of hydrogen-bond acceptors (Lipinski definition) is 7. The second-order valence-corrected chi connectivity index (χ2v) is 10.3. The minimum Gasteiger partial charge on any atom is -0.486 e. The monoisotopic (exact) mass is 551 g/mol. The van der Waals surface area contributed by atoms with Crippen molar-refractivity contribution in [3.63, 3.8) is 0 Å². The third-order valence-electron chi connectivity index (χ3n) is 7.19. The molecule has 212 valence electrons. The minimum absolute atomic E-state index is 0.0367. The molecule has 1 unspecified atom stereocenters. The van der Waals surface area contributed by atoms with Gasteiger partial charge in [0, 0.05) is 43.4 Å². The zero-order chi connectivity index (χ0) is 29.6. The maximum atomic E-state index is 11.8. The van der Waals surface area contributed by atoms with Gasteiger partial charge in [-0.3, -0.25) is 14.8 Å². The molecular weight excluding hydrogens is 514 g/mol. The number of pyridine rings is 2. The van der Waals surface area contributed by atoms with Crippen LogP contribution in [0, 0.1) is 11.3 Å². The van der Waals surface area contributed by atoms with E-state index in [1.807, 2.05) is 88.3 Å². The standard InChI is InChI=1S/C31H31N5O3.C2H6/c1-31(2,19-32)23-6-8-24(9-7-23)36(4)30-27-14-21(5-10-28(27)34-17-29(30)35(3)20-37)22-13-26(16-33-15-22)39-25-11-12-38-18-25;1-2/h5-10,13-17,20,25H,11-12,18H2,1-4H3;1-2H3. The van der Waals surface area contributed by atoms with Gasteiger partial charge >= 0.3 is 0 Å². The fraction of sp³-hybridized carbons (Fsp3) is 0.333. The number of anilines is 3. The Morgan fingerprint density at radius 1 is 1.05 bits per heavy atom. The van der Waals surface area contributed by atoms with E-state index in [-0.39, 0.29) is 6.10 Å². The van der Waals surface area contributed by atoms with Crippen LogP contribution in [-0.2, 0) is 14.9 Å². The molecule has 2 aromatic heterocycles. The molecule has 0 N–H and O–H groups in total. The molecule has 1 saturated heterocycles. The first-order chi connectivity index (χ1) is 19.8. The molecule has 4 aromatic rings. The van der Waals surface area contributed by atoms with E-state index in [9.17, 15) is 10.1 Å². The predicted molar refractivity (Wildman–Crippen MR) is 164 cm³/mol. The summed E-state index contributed by atoms with van der Waals surface area (Å²) in [5, 5.41) is 10.4. The van der Waals surface area contributed by atoms with Crippen LogP contribution in [0.2, 0.25) is 0 Å². The molecule has 41 heavy (non-hydrogen) atoms. The van der Waals surface area contributed by atoms with Crippen molar-refractivity contribution in [2.45, 2.75) is 45.6 Å². The lowest BCUT2D eigenvalue weighted by atomic mass is 9.86. The average molecular weight is 552 g/mol. The average Bonchev–Trinajstić information content (AvgIpc) is 3.53. The van der Waals surface area contributed by atoms with E-state index in [0.29, 0.717) is 24.7 Å². The number of rotatable bonds is 8. The molecule has 1 aliphatic heterocycles.